The van der Waals surface area contributed by atoms with Crippen LogP contribution in [0.15, 0.2) is 25.0 Å². The van der Waals surface area contributed by atoms with E-state index < -0.39 is 6.16 Å². The maximum absolute atomic E-state index is 10.7. The number of aromatic nitrogens is 1. The molecule has 0 aliphatic rings. The lowest BCUT2D eigenvalue weighted by Crippen LogP contribution is -2.10. The molecule has 0 aromatic carbocycles. The van der Waals surface area contributed by atoms with Gasteiger partial charge in [-0.05, 0) is 0 Å². The van der Waals surface area contributed by atoms with Crippen LogP contribution in [0.4, 0.5) is 4.79 Å². The van der Waals surface area contributed by atoms with E-state index in [0.717, 1.165) is 6.26 Å². The van der Waals surface area contributed by atoms with E-state index in [0.29, 0.717) is 0 Å². The molecule has 0 saturated carbocycles. The van der Waals surface area contributed by atoms with E-state index in [1.807, 2.05) is 0 Å². The van der Waals surface area contributed by atoms with Gasteiger partial charge in [-0.15, -0.1) is 0 Å². The Morgan fingerprint density at radius 2 is 2.07 bits per heavy atom. The first-order valence-corrected chi connectivity index (χ1v) is 4.17. The first kappa shape index (κ1) is 11.0. The number of carbonyl (C=O) groups excluding carboxylic acids is 1. The zero-order valence-electron chi connectivity index (χ0n) is 7.92. The van der Waals surface area contributed by atoms with Crippen molar-refractivity contribution >= 4 is 6.16 Å². The number of aromatic hydroxyl groups is 2. The van der Waals surface area contributed by atoms with Gasteiger partial charge in [0.2, 0.25) is 0 Å². The topological polar surface area (TPSA) is 80.9 Å². The van der Waals surface area contributed by atoms with E-state index in [9.17, 15) is 15.0 Å². The van der Waals surface area contributed by atoms with E-state index >= 15 is 0 Å². The molecule has 0 amide bonds. The van der Waals surface area contributed by atoms with Crippen LogP contribution in [-0.2, 0) is 16.0 Å². The van der Waals surface area contributed by atoms with Crippen molar-refractivity contribution in [2.24, 2.45) is 0 Å². The summed E-state index contributed by atoms with van der Waals surface area (Å²) >= 11 is 0. The summed E-state index contributed by atoms with van der Waals surface area (Å²) in [5.41, 5.74) is 0. The third-order valence-corrected chi connectivity index (χ3v) is 1.65. The Kier molecular flexibility index (Phi) is 3.61. The monoisotopic (exact) mass is 213 g/mol. The van der Waals surface area contributed by atoms with Crippen LogP contribution >= 0.6 is 0 Å². The highest BCUT2D eigenvalue weighted by molar-refractivity contribution is 5.60. The summed E-state index contributed by atoms with van der Waals surface area (Å²) in [5.74, 6) is -0.207. The van der Waals surface area contributed by atoms with Crippen LogP contribution in [0.5, 0.6) is 11.8 Å². The van der Waals surface area contributed by atoms with Crippen LogP contribution in [0, 0.1) is 0 Å². The van der Waals surface area contributed by atoms with E-state index in [-0.39, 0.29) is 24.9 Å². The van der Waals surface area contributed by atoms with Crippen molar-refractivity contribution in [2.75, 3.05) is 6.61 Å². The Labute approximate surface area is 86.0 Å². The first-order valence-electron chi connectivity index (χ1n) is 4.17. The maximum Gasteiger partial charge on any atom is 0.513 e. The Morgan fingerprint density at radius 1 is 1.47 bits per heavy atom. The molecule has 6 heteroatoms. The lowest BCUT2D eigenvalue weighted by atomic mass is 10.6. The third-order valence-electron chi connectivity index (χ3n) is 1.65. The molecule has 82 valence electrons. The fraction of sp³-hybridized carbons (Fsp3) is 0.222. The fourth-order valence-corrected chi connectivity index (χ4v) is 0.998. The van der Waals surface area contributed by atoms with Crippen molar-refractivity contribution in [1.82, 2.24) is 4.57 Å². The Morgan fingerprint density at radius 3 is 2.60 bits per heavy atom. The van der Waals surface area contributed by atoms with Gasteiger partial charge in [0.05, 0.1) is 12.8 Å². The van der Waals surface area contributed by atoms with E-state index in [2.05, 4.69) is 16.1 Å². The lowest BCUT2D eigenvalue weighted by molar-refractivity contribution is 0.0807. The number of ether oxygens (including phenoxy) is 2. The number of carbonyl (C=O) groups is 1. The largest absolute Gasteiger partial charge is 0.513 e. The summed E-state index contributed by atoms with van der Waals surface area (Å²) in [5, 5.41) is 18.4. The van der Waals surface area contributed by atoms with E-state index in [1.165, 1.54) is 16.7 Å². The molecule has 0 saturated heterocycles. The van der Waals surface area contributed by atoms with Crippen molar-refractivity contribution in [1.29, 1.82) is 0 Å². The van der Waals surface area contributed by atoms with Gasteiger partial charge in [-0.3, -0.25) is 4.57 Å². The quantitative estimate of drug-likeness (QED) is 0.580. The van der Waals surface area contributed by atoms with E-state index in [1.54, 1.807) is 0 Å². The molecule has 1 rings (SSSR count). The molecule has 0 bridgehead atoms. The summed E-state index contributed by atoms with van der Waals surface area (Å²) in [6.07, 6.45) is 0.0727. The van der Waals surface area contributed by atoms with Crippen molar-refractivity contribution < 1.29 is 24.5 Å². The lowest BCUT2D eigenvalue weighted by Gasteiger charge is -2.06. The van der Waals surface area contributed by atoms with E-state index in [4.69, 9.17) is 0 Å². The molecule has 0 unspecified atom stereocenters. The molecule has 0 radical (unpaired) electrons. The van der Waals surface area contributed by atoms with Crippen molar-refractivity contribution in [3.63, 3.8) is 0 Å². The molecular weight excluding hydrogens is 202 g/mol. The summed E-state index contributed by atoms with van der Waals surface area (Å²) < 4.78 is 10.1. The number of nitrogens with zero attached hydrogens (tertiary/aromatic N) is 1. The molecule has 0 fully saturated rings. The number of hydrogen-bond donors (Lipinski definition) is 2. The van der Waals surface area contributed by atoms with Crippen molar-refractivity contribution in [2.45, 2.75) is 6.54 Å². The molecule has 0 aliphatic heterocycles. The zero-order chi connectivity index (χ0) is 11.3. The summed E-state index contributed by atoms with van der Waals surface area (Å²) in [4.78, 5) is 10.7. The van der Waals surface area contributed by atoms with Gasteiger partial charge in [0.25, 0.3) is 0 Å². The van der Waals surface area contributed by atoms with Gasteiger partial charge in [0.15, 0.2) is 11.8 Å². The fourth-order valence-electron chi connectivity index (χ4n) is 0.998. The molecule has 2 N–H and O–H groups in total. The first-order chi connectivity index (χ1) is 7.15. The average Bonchev–Trinajstić information content (AvgIpc) is 2.49. The van der Waals surface area contributed by atoms with Crippen LogP contribution in [0.2, 0.25) is 0 Å². The number of hydrogen-bond acceptors (Lipinski definition) is 5. The molecule has 1 heterocycles. The SMILES string of the molecule is C=COC(=O)OCCn1c(O)ccc1O. The third kappa shape index (κ3) is 2.94. The van der Waals surface area contributed by atoms with Crippen LogP contribution < -0.4 is 0 Å². The molecule has 1 aromatic heterocycles. The zero-order valence-corrected chi connectivity index (χ0v) is 7.92. The Hall–Kier alpha value is -2.11. The summed E-state index contributed by atoms with van der Waals surface area (Å²) in [6, 6.07) is 2.66. The second kappa shape index (κ2) is 4.94. The van der Waals surface area contributed by atoms with Gasteiger partial charge in [-0.1, -0.05) is 6.58 Å². The molecule has 1 aromatic rings. The highest BCUT2D eigenvalue weighted by Gasteiger charge is 2.07. The molecule has 15 heavy (non-hydrogen) atoms. The standard InChI is InChI=1S/C9H11NO5/c1-2-14-9(13)15-6-5-10-7(11)3-4-8(10)12/h2-4,11-12H,1,5-6H2. The Balaban J connectivity index is 2.38. The molecular formula is C9H11NO5. The van der Waals surface area contributed by atoms with Gasteiger partial charge in [0, 0.05) is 12.1 Å². The smallest absolute Gasteiger partial charge is 0.494 e. The minimum Gasteiger partial charge on any atom is -0.494 e. The molecule has 0 spiro atoms. The predicted octanol–water partition coefficient (Wildman–Crippen LogP) is 1.20. The van der Waals surface area contributed by atoms with Gasteiger partial charge >= 0.3 is 6.16 Å². The highest BCUT2D eigenvalue weighted by Crippen LogP contribution is 2.20. The predicted molar refractivity (Wildman–Crippen MR) is 50.4 cm³/mol. The highest BCUT2D eigenvalue weighted by atomic mass is 16.7. The van der Waals surface area contributed by atoms with Gasteiger partial charge in [0.1, 0.15) is 6.61 Å². The molecule has 6 nitrogen and oxygen atoms in total. The second-order valence-electron chi connectivity index (χ2n) is 2.58. The van der Waals surface area contributed by atoms with Crippen LogP contribution in [0.25, 0.3) is 0 Å². The average molecular weight is 213 g/mol. The maximum atomic E-state index is 10.7. The normalized spacial score (nSPS) is 9.60. The van der Waals surface area contributed by atoms with Gasteiger partial charge in [-0.2, -0.15) is 0 Å². The van der Waals surface area contributed by atoms with Crippen molar-refractivity contribution in [3.05, 3.63) is 25.0 Å². The van der Waals surface area contributed by atoms with Crippen LogP contribution in [0.1, 0.15) is 0 Å². The molecule has 0 aliphatic carbocycles. The minimum absolute atomic E-state index is 0.0253. The van der Waals surface area contributed by atoms with Gasteiger partial charge in [-0.25, -0.2) is 4.79 Å². The van der Waals surface area contributed by atoms with Crippen LogP contribution in [-0.4, -0.2) is 27.5 Å². The van der Waals surface area contributed by atoms with Crippen molar-refractivity contribution in [3.8, 4) is 11.8 Å². The summed E-state index contributed by atoms with van der Waals surface area (Å²) in [6.45, 7) is 3.29. The second-order valence-corrected chi connectivity index (χ2v) is 2.58. The van der Waals surface area contributed by atoms with Gasteiger partial charge < -0.3 is 19.7 Å². The number of rotatable bonds is 4. The molecule has 0 atom stereocenters. The Bertz CT molecular complexity index is 338. The van der Waals surface area contributed by atoms with Crippen LogP contribution in [0.3, 0.4) is 0 Å². The summed E-state index contributed by atoms with van der Waals surface area (Å²) in [7, 11) is 0. The minimum atomic E-state index is -0.879.